The quantitative estimate of drug-likeness (QED) is 0.616. The Morgan fingerprint density at radius 1 is 1.62 bits per heavy atom. The average molecular weight is 285 g/mol. The normalized spacial score (nSPS) is 8.88. The fraction of sp³-hybridized carbons (Fsp3) is 0. The maximum atomic E-state index is 10.1. The van der Waals surface area contributed by atoms with Crippen molar-refractivity contribution in [2.24, 2.45) is 7.92 Å². The van der Waals surface area contributed by atoms with Crippen LogP contribution in [0.3, 0.4) is 0 Å². The van der Waals surface area contributed by atoms with Crippen LogP contribution in [0.4, 0.5) is 4.79 Å². The molecule has 46 valence electrons. The van der Waals surface area contributed by atoms with Gasteiger partial charge in [-0.05, 0) is 0 Å². The van der Waals surface area contributed by atoms with E-state index in [1.807, 2.05) is 0 Å². The van der Waals surface area contributed by atoms with Gasteiger partial charge in [0.15, 0.2) is 0 Å². The molecule has 0 heterocycles. The van der Waals surface area contributed by atoms with Gasteiger partial charge in [-0.25, -0.2) is 0 Å². The molecule has 3 nitrogen and oxygen atoms in total. The molecule has 0 aliphatic heterocycles. The van der Waals surface area contributed by atoms with Crippen LogP contribution in [0, 0.1) is 0 Å². The predicted molar refractivity (Wildman–Crippen MR) is 33.5 cm³/mol. The van der Waals surface area contributed by atoms with Crippen LogP contribution in [-0.2, 0) is 0 Å². The molecule has 7 heteroatoms. The molecule has 0 aromatic carbocycles. The van der Waals surface area contributed by atoms with E-state index in [4.69, 9.17) is 20.2 Å². The van der Waals surface area contributed by atoms with E-state index in [0.29, 0.717) is 0 Å². The van der Waals surface area contributed by atoms with Gasteiger partial charge in [-0.15, -0.1) is 0 Å². The zero-order valence-electron chi connectivity index (χ0n) is 3.38. The molecule has 0 aromatic rings. The number of urea groups is 1. The monoisotopic (exact) mass is 286 g/mol. The number of halogens is 2. The number of amides is 2. The topological polar surface area (TPSA) is 41.8 Å². The first kappa shape index (κ1) is 8.89. The third-order valence-electron chi connectivity index (χ3n) is 0.225. The molecule has 0 unspecified atom stereocenters. The van der Waals surface area contributed by atoms with Crippen molar-refractivity contribution in [3.05, 3.63) is 0 Å². The molecule has 0 rings (SSSR count). The van der Waals surface area contributed by atoms with Crippen LogP contribution in [-0.4, -0.2) is 33.7 Å². The Kier molecular flexibility index (Phi) is 5.26. The SMILES string of the molecule is O=C(N=[Se])N=[Se](Cl)Cl. The Hall–Kier alpha value is 0.889. The standard InChI is InChI=1S/CCl2N2OSe2/c2-8(3)5-1(6)4-7. The van der Waals surface area contributed by atoms with E-state index >= 15 is 0 Å². The number of carbonyl (C=O) groups is 1. The number of rotatable bonds is 0. The number of carbonyl (C=O) groups excluding carboxylic acids is 1. The van der Waals surface area contributed by atoms with Gasteiger partial charge in [0.05, 0.1) is 0 Å². The van der Waals surface area contributed by atoms with Gasteiger partial charge in [0, 0.05) is 0 Å². The second kappa shape index (κ2) is 4.74. The Labute approximate surface area is 66.5 Å². The molecular weight excluding hydrogens is 285 g/mol. The molecule has 0 atom stereocenters. The van der Waals surface area contributed by atoms with Crippen LogP contribution in [0.15, 0.2) is 7.92 Å². The summed E-state index contributed by atoms with van der Waals surface area (Å²) in [5.41, 5.74) is 0. The molecule has 0 N–H and O–H groups in total. The molecule has 0 bridgehead atoms. The first-order valence-corrected chi connectivity index (χ1v) is 7.36. The summed E-state index contributed by atoms with van der Waals surface area (Å²) in [7, 11) is 10.4. The van der Waals surface area contributed by atoms with E-state index in [-0.39, 0.29) is 0 Å². The molecule has 0 aliphatic rings. The van der Waals surface area contributed by atoms with Crippen molar-refractivity contribution in [2.75, 3.05) is 0 Å². The van der Waals surface area contributed by atoms with E-state index in [1.54, 1.807) is 0 Å². The van der Waals surface area contributed by atoms with Gasteiger partial charge < -0.3 is 0 Å². The van der Waals surface area contributed by atoms with Crippen LogP contribution in [0.2, 0.25) is 0 Å². The van der Waals surface area contributed by atoms with E-state index in [1.165, 1.54) is 0 Å². The van der Waals surface area contributed by atoms with Gasteiger partial charge in [0.1, 0.15) is 0 Å². The van der Waals surface area contributed by atoms with Gasteiger partial charge in [-0.3, -0.25) is 0 Å². The summed E-state index contributed by atoms with van der Waals surface area (Å²) >= 11 is 0.105. The molecule has 0 fully saturated rings. The zero-order chi connectivity index (χ0) is 6.57. The Bertz CT molecular complexity index is 141. The minimum absolute atomic E-state index is 0.639. The summed E-state index contributed by atoms with van der Waals surface area (Å²) < 4.78 is 6.28. The molecular formula is CCl2N2OSe2. The molecule has 0 saturated heterocycles. The van der Waals surface area contributed by atoms with Crippen molar-refractivity contribution in [2.45, 2.75) is 0 Å². The molecule has 0 saturated carbocycles. The summed E-state index contributed by atoms with van der Waals surface area (Å²) in [6.07, 6.45) is 0. The molecule has 2 amide bonds. The molecule has 0 spiro atoms. The number of nitrogens with zero attached hydrogens (tertiary/aromatic N) is 2. The fourth-order valence-corrected chi connectivity index (χ4v) is 1.37. The van der Waals surface area contributed by atoms with Crippen LogP contribution in [0.1, 0.15) is 0 Å². The second-order valence-corrected chi connectivity index (χ2v) is 6.11. The van der Waals surface area contributed by atoms with Crippen molar-refractivity contribution in [1.29, 1.82) is 0 Å². The van der Waals surface area contributed by atoms with E-state index in [2.05, 4.69) is 23.7 Å². The first-order valence-electron chi connectivity index (χ1n) is 1.33. The second-order valence-electron chi connectivity index (χ2n) is 0.661. The average Bonchev–Trinajstić information content (AvgIpc) is 1.65. The molecule has 8 heavy (non-hydrogen) atoms. The minimum atomic E-state index is -2.03. The predicted octanol–water partition coefficient (Wildman–Crippen LogP) is 1.19. The van der Waals surface area contributed by atoms with Crippen LogP contribution in [0.5, 0.6) is 0 Å². The van der Waals surface area contributed by atoms with Gasteiger partial charge in [0.25, 0.3) is 0 Å². The number of hydrogen-bond donors (Lipinski definition) is 0. The summed E-state index contributed by atoms with van der Waals surface area (Å²) in [6.45, 7) is 0. The Morgan fingerprint density at radius 2 is 2.12 bits per heavy atom. The van der Waals surface area contributed by atoms with Crippen molar-refractivity contribution in [3.8, 4) is 0 Å². The van der Waals surface area contributed by atoms with Crippen molar-refractivity contribution in [3.63, 3.8) is 0 Å². The van der Waals surface area contributed by atoms with Gasteiger partial charge in [-0.1, -0.05) is 0 Å². The molecule has 0 radical (unpaired) electrons. The first-order chi connectivity index (χ1) is 3.66. The Balaban J connectivity index is 3.89. The number of hydrogen-bond acceptors (Lipinski definition) is 1. The third-order valence-corrected chi connectivity index (χ3v) is 1.89. The van der Waals surface area contributed by atoms with Crippen LogP contribution in [0.25, 0.3) is 0 Å². The zero-order valence-corrected chi connectivity index (χ0v) is 8.31. The van der Waals surface area contributed by atoms with Gasteiger partial charge in [-0.2, -0.15) is 0 Å². The van der Waals surface area contributed by atoms with Gasteiger partial charge in [0.2, 0.25) is 0 Å². The van der Waals surface area contributed by atoms with E-state index in [0.717, 1.165) is 0 Å². The fourth-order valence-electron chi connectivity index (χ4n) is 0.0757. The molecule has 0 aromatic heterocycles. The maximum absolute atomic E-state index is 10.1. The van der Waals surface area contributed by atoms with E-state index in [9.17, 15) is 4.79 Å². The summed E-state index contributed by atoms with van der Waals surface area (Å²) in [6, 6.07) is -0.639. The van der Waals surface area contributed by atoms with Crippen molar-refractivity contribution >= 4 is 53.9 Å². The summed E-state index contributed by atoms with van der Waals surface area (Å²) in [4.78, 5) is 10.1. The summed E-state index contributed by atoms with van der Waals surface area (Å²) in [5, 5.41) is 0. The third kappa shape index (κ3) is 5.03. The van der Waals surface area contributed by atoms with E-state index < -0.39 is 17.9 Å². The van der Waals surface area contributed by atoms with Crippen LogP contribution >= 0.6 is 20.2 Å². The van der Waals surface area contributed by atoms with Crippen molar-refractivity contribution in [1.82, 2.24) is 0 Å². The molecule has 0 aliphatic carbocycles. The van der Waals surface area contributed by atoms with Crippen LogP contribution < -0.4 is 0 Å². The summed E-state index contributed by atoms with van der Waals surface area (Å²) in [5.74, 6) is 0. The Morgan fingerprint density at radius 3 is 2.25 bits per heavy atom. The van der Waals surface area contributed by atoms with Gasteiger partial charge >= 0.3 is 66.6 Å². The van der Waals surface area contributed by atoms with Crippen molar-refractivity contribution < 1.29 is 4.79 Å².